The van der Waals surface area contributed by atoms with E-state index in [9.17, 15) is 18.8 Å². The third kappa shape index (κ3) is 3.71. The van der Waals surface area contributed by atoms with E-state index in [4.69, 9.17) is 4.74 Å². The Morgan fingerprint density at radius 1 is 1.12 bits per heavy atom. The summed E-state index contributed by atoms with van der Waals surface area (Å²) in [5.74, 6) is -0.700. The lowest BCUT2D eigenvalue weighted by molar-refractivity contribution is -0.777. The molecule has 2 unspecified atom stereocenters. The van der Waals surface area contributed by atoms with E-state index in [0.29, 0.717) is 11.8 Å². The highest BCUT2D eigenvalue weighted by molar-refractivity contribution is 7.96. The van der Waals surface area contributed by atoms with Gasteiger partial charge in [0.05, 0.1) is 6.61 Å². The molecule has 4 aliphatic rings. The summed E-state index contributed by atoms with van der Waals surface area (Å²) >= 11 is -0.640. The molecule has 0 saturated heterocycles. The Morgan fingerprint density at radius 3 is 2.53 bits per heavy atom. The molecule has 6 rings (SSSR count). The van der Waals surface area contributed by atoms with E-state index in [1.165, 1.54) is 21.9 Å². The van der Waals surface area contributed by atoms with Crippen LogP contribution in [0.15, 0.2) is 36.4 Å². The number of benzene rings is 2. The summed E-state index contributed by atoms with van der Waals surface area (Å²) in [4.78, 5) is 12.0. The van der Waals surface area contributed by atoms with Gasteiger partial charge in [-0.25, -0.2) is 4.79 Å². The summed E-state index contributed by atoms with van der Waals surface area (Å²) in [6, 6.07) is 12.9. The van der Waals surface area contributed by atoms with Gasteiger partial charge in [-0.15, -0.1) is 0 Å². The van der Waals surface area contributed by atoms with E-state index in [1.54, 1.807) is 0 Å². The standard InChI is InChI=1S/C24H26F2O5S/c1-15-4-2-6-19-18(15)5-3-7-20(19)23-11-16-8-17(12-23)10-22(9-16,13-23)14-29-21(27)24(25,26)32-31-30-28/h2-7,16-17,28H,8-14H2,1H3/p-1. The van der Waals surface area contributed by atoms with Crippen LogP contribution in [0, 0.1) is 24.2 Å². The van der Waals surface area contributed by atoms with Crippen LogP contribution in [0.25, 0.3) is 10.8 Å². The van der Waals surface area contributed by atoms with E-state index in [1.807, 2.05) is 0 Å². The SMILES string of the molecule is Cc1cccc2c(C34CC5CC(CC(COC(=O)C(F)(F)SOO[O-])(C5)C3)C4)cccc12. The minimum Gasteiger partial charge on any atom is -0.691 e. The quantitative estimate of drug-likeness (QED) is 0.249. The van der Waals surface area contributed by atoms with Crippen molar-refractivity contribution in [2.45, 2.75) is 56.1 Å². The lowest BCUT2D eigenvalue weighted by Crippen LogP contribution is -2.56. The molecule has 4 aliphatic carbocycles. The van der Waals surface area contributed by atoms with Crippen LogP contribution >= 0.6 is 12.0 Å². The average molecular weight is 464 g/mol. The largest absolute Gasteiger partial charge is 0.691 e. The topological polar surface area (TPSA) is 67.8 Å². The molecule has 172 valence electrons. The van der Waals surface area contributed by atoms with Gasteiger partial charge in [0.2, 0.25) is 0 Å². The minimum absolute atomic E-state index is 0.0272. The van der Waals surface area contributed by atoms with Gasteiger partial charge in [0.1, 0.15) is 12.0 Å². The van der Waals surface area contributed by atoms with Crippen LogP contribution in [0.3, 0.4) is 0 Å². The molecular formula is C24H25F2O5S-. The fourth-order valence-corrected chi connectivity index (χ4v) is 7.50. The number of carbonyl (C=O) groups excluding carboxylic acids is 1. The summed E-state index contributed by atoms with van der Waals surface area (Å²) in [6.07, 6.45) is 5.94. The maximum absolute atomic E-state index is 13.9. The van der Waals surface area contributed by atoms with Gasteiger partial charge >= 0.3 is 11.2 Å². The molecule has 0 spiro atoms. The van der Waals surface area contributed by atoms with E-state index in [-0.39, 0.29) is 17.4 Å². The number of alkyl halides is 2. The van der Waals surface area contributed by atoms with Gasteiger partial charge in [-0.1, -0.05) is 36.4 Å². The lowest BCUT2D eigenvalue weighted by Gasteiger charge is -2.62. The zero-order valence-electron chi connectivity index (χ0n) is 17.8. The average Bonchev–Trinajstić information content (AvgIpc) is 2.75. The van der Waals surface area contributed by atoms with Crippen LogP contribution in [0.1, 0.15) is 49.7 Å². The van der Waals surface area contributed by atoms with Crippen LogP contribution < -0.4 is 5.26 Å². The van der Waals surface area contributed by atoms with Gasteiger partial charge < -0.3 is 9.99 Å². The Hall–Kier alpha value is -1.74. The first-order chi connectivity index (χ1) is 15.3. The van der Waals surface area contributed by atoms with Crippen LogP contribution in [0.5, 0.6) is 0 Å². The number of hydrogen-bond donors (Lipinski definition) is 0. The first-order valence-electron chi connectivity index (χ1n) is 10.9. The number of ether oxygens (including phenoxy) is 1. The fraction of sp³-hybridized carbons (Fsp3) is 0.542. The molecule has 4 bridgehead atoms. The molecule has 32 heavy (non-hydrogen) atoms. The second kappa shape index (κ2) is 7.94. The van der Waals surface area contributed by atoms with Gasteiger partial charge in [0.25, 0.3) is 0 Å². The monoisotopic (exact) mass is 463 g/mol. The smallest absolute Gasteiger partial charge is 0.415 e. The van der Waals surface area contributed by atoms with Crippen LogP contribution in [0.2, 0.25) is 0 Å². The maximum Gasteiger partial charge on any atom is 0.415 e. The van der Waals surface area contributed by atoms with Crippen molar-refractivity contribution < 1.29 is 32.9 Å². The van der Waals surface area contributed by atoms with Gasteiger partial charge in [-0.2, -0.15) is 13.1 Å². The van der Waals surface area contributed by atoms with Crippen molar-refractivity contribution in [2.75, 3.05) is 6.61 Å². The van der Waals surface area contributed by atoms with Crippen molar-refractivity contribution in [2.24, 2.45) is 17.3 Å². The van der Waals surface area contributed by atoms with Crippen molar-refractivity contribution in [3.63, 3.8) is 0 Å². The molecule has 0 aliphatic heterocycles. The first kappa shape index (κ1) is 22.1. The molecule has 4 saturated carbocycles. The molecule has 8 heteroatoms. The van der Waals surface area contributed by atoms with E-state index < -0.39 is 23.3 Å². The summed E-state index contributed by atoms with van der Waals surface area (Å²) in [6.45, 7) is 2.07. The highest BCUT2D eigenvalue weighted by Gasteiger charge is 2.59. The number of halogens is 2. The van der Waals surface area contributed by atoms with Gasteiger partial charge in [-0.3, -0.25) is 5.04 Å². The predicted molar refractivity (Wildman–Crippen MR) is 113 cm³/mol. The number of aryl methyl sites for hydroxylation is 1. The van der Waals surface area contributed by atoms with Crippen molar-refractivity contribution >= 4 is 28.8 Å². The first-order valence-corrected chi connectivity index (χ1v) is 11.7. The van der Waals surface area contributed by atoms with E-state index in [0.717, 1.165) is 38.5 Å². The Balaban J connectivity index is 1.43. The molecule has 2 aromatic carbocycles. The summed E-state index contributed by atoms with van der Waals surface area (Å²) in [7, 11) is 0. The van der Waals surface area contributed by atoms with Crippen LogP contribution in [-0.2, 0) is 24.3 Å². The second-order valence-corrected chi connectivity index (χ2v) is 10.8. The number of esters is 1. The molecule has 0 heterocycles. The zero-order chi connectivity index (χ0) is 22.6. The number of carbonyl (C=O) groups is 1. The molecule has 0 radical (unpaired) electrons. The van der Waals surface area contributed by atoms with Crippen LogP contribution in [0.4, 0.5) is 8.78 Å². The number of hydrogen-bond acceptors (Lipinski definition) is 6. The lowest BCUT2D eigenvalue weighted by atomic mass is 9.43. The predicted octanol–water partition coefficient (Wildman–Crippen LogP) is 4.99. The van der Waals surface area contributed by atoms with Crippen LogP contribution in [-0.4, -0.2) is 17.8 Å². The highest BCUT2D eigenvalue weighted by Crippen LogP contribution is 2.66. The molecule has 0 N–H and O–H groups in total. The van der Waals surface area contributed by atoms with Gasteiger partial charge in [0, 0.05) is 5.41 Å². The molecule has 2 atom stereocenters. The zero-order valence-corrected chi connectivity index (χ0v) is 18.6. The molecule has 0 aromatic heterocycles. The number of rotatable bonds is 7. The second-order valence-electron chi connectivity index (χ2n) is 10.0. The summed E-state index contributed by atoms with van der Waals surface area (Å²) in [5, 5.41) is 11.3. The third-order valence-electron chi connectivity index (χ3n) is 7.81. The summed E-state index contributed by atoms with van der Waals surface area (Å²) in [5.41, 5.74) is 2.25. The van der Waals surface area contributed by atoms with Crippen molar-refractivity contribution in [3.8, 4) is 0 Å². The molecule has 4 fully saturated rings. The normalized spacial score (nSPS) is 31.2. The van der Waals surface area contributed by atoms with Crippen molar-refractivity contribution in [3.05, 3.63) is 47.5 Å². The molecule has 2 aromatic rings. The van der Waals surface area contributed by atoms with E-state index >= 15 is 0 Å². The van der Waals surface area contributed by atoms with Crippen molar-refractivity contribution in [1.29, 1.82) is 0 Å². The molecule has 5 nitrogen and oxygen atoms in total. The summed E-state index contributed by atoms with van der Waals surface area (Å²) < 4.78 is 36.5. The third-order valence-corrected chi connectivity index (χ3v) is 8.31. The Bertz CT molecular complexity index is 1030. The molecular weight excluding hydrogens is 438 g/mol. The Labute approximate surface area is 189 Å². The van der Waals surface area contributed by atoms with Crippen molar-refractivity contribution in [1.82, 2.24) is 0 Å². The highest BCUT2D eigenvalue weighted by atomic mass is 32.2. The maximum atomic E-state index is 13.9. The number of fused-ring (bicyclic) bond motifs is 1. The minimum atomic E-state index is -4.00. The Kier molecular flexibility index (Phi) is 5.47. The van der Waals surface area contributed by atoms with Gasteiger partial charge in [0.15, 0.2) is 0 Å². The Morgan fingerprint density at radius 2 is 1.81 bits per heavy atom. The fourth-order valence-electron chi connectivity index (χ4n) is 7.26. The van der Waals surface area contributed by atoms with Gasteiger partial charge in [-0.05, 0) is 84.6 Å². The van der Waals surface area contributed by atoms with E-state index in [2.05, 4.69) is 52.7 Å². The molecule has 0 amide bonds.